The molecule has 1 aliphatic rings. The van der Waals surface area contributed by atoms with Crippen molar-refractivity contribution in [3.8, 4) is 0 Å². The largest absolute Gasteiger partial charge is 0.352 e. The quantitative estimate of drug-likeness (QED) is 0.527. The van der Waals surface area contributed by atoms with Gasteiger partial charge in [-0.3, -0.25) is 9.69 Å². The number of carbonyl (C=O) groups excluding carboxylic acids is 1. The normalized spacial score (nSPS) is 34.7. The fourth-order valence-electron chi connectivity index (χ4n) is 1.08. The molecule has 0 aromatic rings. The van der Waals surface area contributed by atoms with E-state index < -0.39 is 5.72 Å². The zero-order valence-electron chi connectivity index (χ0n) is 6.68. The molecule has 1 rings (SSSR count). The maximum atomic E-state index is 11.0. The van der Waals surface area contributed by atoms with Gasteiger partial charge in [-0.25, -0.2) is 0 Å². The lowest BCUT2D eigenvalue weighted by molar-refractivity contribution is -0.146. The standard InChI is InChI=1S/C7H13NO2/c1-6(9)7(2)8(3)4-5-10-7/h4-5H2,1-3H3. The molecule has 1 aliphatic heterocycles. The van der Waals surface area contributed by atoms with Gasteiger partial charge in [-0.1, -0.05) is 0 Å². The van der Waals surface area contributed by atoms with E-state index in [9.17, 15) is 4.79 Å². The second-order valence-electron chi connectivity index (χ2n) is 2.81. The van der Waals surface area contributed by atoms with Crippen LogP contribution in [0.25, 0.3) is 0 Å². The molecule has 3 heteroatoms. The third-order valence-electron chi connectivity index (χ3n) is 2.19. The average Bonchev–Trinajstić information content (AvgIpc) is 2.15. The Morgan fingerprint density at radius 1 is 1.70 bits per heavy atom. The molecule has 1 atom stereocenters. The first kappa shape index (κ1) is 7.69. The molecule has 10 heavy (non-hydrogen) atoms. The monoisotopic (exact) mass is 143 g/mol. The number of nitrogens with zero attached hydrogens (tertiary/aromatic N) is 1. The van der Waals surface area contributed by atoms with Gasteiger partial charge in [0.15, 0.2) is 11.5 Å². The van der Waals surface area contributed by atoms with E-state index in [-0.39, 0.29) is 5.78 Å². The van der Waals surface area contributed by atoms with Crippen LogP contribution in [0.1, 0.15) is 13.8 Å². The Hall–Kier alpha value is -0.410. The van der Waals surface area contributed by atoms with E-state index in [1.165, 1.54) is 0 Å². The van der Waals surface area contributed by atoms with Crippen molar-refractivity contribution in [3.05, 3.63) is 0 Å². The van der Waals surface area contributed by atoms with Crippen molar-refractivity contribution in [2.75, 3.05) is 20.2 Å². The van der Waals surface area contributed by atoms with Crippen LogP contribution >= 0.6 is 0 Å². The van der Waals surface area contributed by atoms with Crippen molar-refractivity contribution in [2.45, 2.75) is 19.6 Å². The Morgan fingerprint density at radius 2 is 2.30 bits per heavy atom. The summed E-state index contributed by atoms with van der Waals surface area (Å²) < 4.78 is 5.29. The number of ketones is 1. The molecule has 3 nitrogen and oxygen atoms in total. The number of carbonyl (C=O) groups is 1. The van der Waals surface area contributed by atoms with Crippen molar-refractivity contribution in [1.29, 1.82) is 0 Å². The summed E-state index contributed by atoms with van der Waals surface area (Å²) in [5.74, 6) is 0.0764. The van der Waals surface area contributed by atoms with Crippen LogP contribution in [-0.2, 0) is 9.53 Å². The summed E-state index contributed by atoms with van der Waals surface area (Å²) >= 11 is 0. The average molecular weight is 143 g/mol. The van der Waals surface area contributed by atoms with E-state index in [1.54, 1.807) is 6.92 Å². The lowest BCUT2D eigenvalue weighted by Gasteiger charge is -2.27. The molecule has 1 unspecified atom stereocenters. The molecule has 0 aromatic heterocycles. The summed E-state index contributed by atoms with van der Waals surface area (Å²) in [5, 5.41) is 0. The van der Waals surface area contributed by atoms with E-state index in [1.807, 2.05) is 18.9 Å². The van der Waals surface area contributed by atoms with Gasteiger partial charge in [-0.15, -0.1) is 0 Å². The SMILES string of the molecule is CC(=O)C1(C)OCCN1C. The van der Waals surface area contributed by atoms with Crippen molar-refractivity contribution >= 4 is 5.78 Å². The highest BCUT2D eigenvalue weighted by atomic mass is 16.5. The molecule has 0 aliphatic carbocycles. The summed E-state index contributed by atoms with van der Waals surface area (Å²) in [4.78, 5) is 12.9. The summed E-state index contributed by atoms with van der Waals surface area (Å²) in [6.45, 7) is 4.87. The Bertz CT molecular complexity index is 158. The first-order valence-electron chi connectivity index (χ1n) is 3.43. The third-order valence-corrected chi connectivity index (χ3v) is 2.19. The van der Waals surface area contributed by atoms with Crippen molar-refractivity contribution in [3.63, 3.8) is 0 Å². The van der Waals surface area contributed by atoms with Gasteiger partial charge in [-0.2, -0.15) is 0 Å². The zero-order valence-corrected chi connectivity index (χ0v) is 6.68. The summed E-state index contributed by atoms with van der Waals surface area (Å²) in [7, 11) is 1.90. The van der Waals surface area contributed by atoms with Gasteiger partial charge in [0.1, 0.15) is 0 Å². The van der Waals surface area contributed by atoms with Gasteiger partial charge in [0.05, 0.1) is 6.61 Å². The van der Waals surface area contributed by atoms with Crippen molar-refractivity contribution in [2.24, 2.45) is 0 Å². The molecule has 0 spiro atoms. The minimum absolute atomic E-state index is 0.0764. The molecular weight excluding hydrogens is 130 g/mol. The number of hydrogen-bond acceptors (Lipinski definition) is 3. The highest BCUT2D eigenvalue weighted by molar-refractivity contribution is 5.84. The first-order valence-corrected chi connectivity index (χ1v) is 3.43. The zero-order chi connectivity index (χ0) is 7.78. The molecule has 1 heterocycles. The van der Waals surface area contributed by atoms with Gasteiger partial charge in [0.2, 0.25) is 0 Å². The molecule has 0 amide bonds. The predicted molar refractivity (Wildman–Crippen MR) is 37.7 cm³/mol. The number of rotatable bonds is 1. The van der Waals surface area contributed by atoms with E-state index >= 15 is 0 Å². The summed E-state index contributed by atoms with van der Waals surface area (Å²) in [6.07, 6.45) is 0. The predicted octanol–water partition coefficient (Wildman–Crippen LogP) is 0.254. The number of Topliss-reactive ketones (excluding diaryl/α,β-unsaturated/α-hetero) is 1. The van der Waals surface area contributed by atoms with Gasteiger partial charge in [0.25, 0.3) is 0 Å². The van der Waals surface area contributed by atoms with Crippen LogP contribution < -0.4 is 0 Å². The molecule has 0 N–H and O–H groups in total. The molecule has 0 saturated carbocycles. The van der Waals surface area contributed by atoms with Crippen LogP contribution in [0, 0.1) is 0 Å². The van der Waals surface area contributed by atoms with E-state index in [2.05, 4.69) is 0 Å². The van der Waals surface area contributed by atoms with Gasteiger partial charge in [0, 0.05) is 6.54 Å². The van der Waals surface area contributed by atoms with Crippen LogP contribution in [-0.4, -0.2) is 36.6 Å². The first-order chi connectivity index (χ1) is 4.57. The molecule has 58 valence electrons. The van der Waals surface area contributed by atoms with Crippen LogP contribution in [0.15, 0.2) is 0 Å². The smallest absolute Gasteiger partial charge is 0.177 e. The summed E-state index contributed by atoms with van der Waals surface area (Å²) in [6, 6.07) is 0. The maximum absolute atomic E-state index is 11.0. The second kappa shape index (κ2) is 2.32. The number of hydrogen-bond donors (Lipinski definition) is 0. The van der Waals surface area contributed by atoms with Crippen LogP contribution in [0.4, 0.5) is 0 Å². The Morgan fingerprint density at radius 3 is 2.50 bits per heavy atom. The van der Waals surface area contributed by atoms with Gasteiger partial charge >= 0.3 is 0 Å². The molecule has 0 radical (unpaired) electrons. The van der Waals surface area contributed by atoms with Crippen LogP contribution in [0.5, 0.6) is 0 Å². The minimum Gasteiger partial charge on any atom is -0.352 e. The van der Waals surface area contributed by atoms with E-state index in [0.29, 0.717) is 6.61 Å². The van der Waals surface area contributed by atoms with Crippen molar-refractivity contribution < 1.29 is 9.53 Å². The Balaban J connectivity index is 2.75. The lowest BCUT2D eigenvalue weighted by atomic mass is 10.1. The van der Waals surface area contributed by atoms with Crippen LogP contribution in [0.2, 0.25) is 0 Å². The highest BCUT2D eigenvalue weighted by Crippen LogP contribution is 2.21. The van der Waals surface area contributed by atoms with E-state index in [4.69, 9.17) is 4.74 Å². The number of likely N-dealkylation sites (N-methyl/N-ethyl adjacent to an activating group) is 1. The van der Waals surface area contributed by atoms with Crippen LogP contribution in [0.3, 0.4) is 0 Å². The highest BCUT2D eigenvalue weighted by Gasteiger charge is 2.39. The van der Waals surface area contributed by atoms with Crippen molar-refractivity contribution in [1.82, 2.24) is 4.90 Å². The third kappa shape index (κ3) is 0.954. The molecule has 1 fully saturated rings. The van der Waals surface area contributed by atoms with Gasteiger partial charge < -0.3 is 4.74 Å². The minimum atomic E-state index is -0.653. The summed E-state index contributed by atoms with van der Waals surface area (Å²) in [5.41, 5.74) is -0.653. The fraction of sp³-hybridized carbons (Fsp3) is 0.857. The molecular formula is C7H13NO2. The maximum Gasteiger partial charge on any atom is 0.177 e. The number of ether oxygens (including phenoxy) is 1. The topological polar surface area (TPSA) is 29.5 Å². The van der Waals surface area contributed by atoms with Gasteiger partial charge in [-0.05, 0) is 20.9 Å². The second-order valence-corrected chi connectivity index (χ2v) is 2.81. The van der Waals surface area contributed by atoms with E-state index in [0.717, 1.165) is 6.54 Å². The Kier molecular flexibility index (Phi) is 1.79. The molecule has 0 bridgehead atoms. The molecule has 0 aromatic carbocycles. The fourth-order valence-corrected chi connectivity index (χ4v) is 1.08. The molecule has 1 saturated heterocycles. The lowest BCUT2D eigenvalue weighted by Crippen LogP contribution is -2.45. The Labute approximate surface area is 61.0 Å².